The summed E-state index contributed by atoms with van der Waals surface area (Å²) in [6.07, 6.45) is 0. The van der Waals surface area contributed by atoms with Crippen molar-refractivity contribution < 1.29 is 14.1 Å². The number of rotatable bonds is 5. The number of aryl methyl sites for hydroxylation is 1. The first-order chi connectivity index (χ1) is 9.17. The molecule has 0 saturated heterocycles. The molecule has 2 N–H and O–H groups in total. The standard InChI is InChI=1S/C13H22N4O3/c1-9-6-10(16-20-9)15-11(18)8-17(5)12(19)7-14-13(2,3)4/h6,14H,7-8H2,1-5H3,(H,15,16,18). The van der Waals surface area contributed by atoms with Crippen molar-refractivity contribution in [2.24, 2.45) is 0 Å². The van der Waals surface area contributed by atoms with Gasteiger partial charge in [-0.2, -0.15) is 0 Å². The van der Waals surface area contributed by atoms with Gasteiger partial charge >= 0.3 is 0 Å². The quantitative estimate of drug-likeness (QED) is 0.833. The SMILES string of the molecule is Cc1cc(NC(=O)CN(C)C(=O)CNC(C)(C)C)no1. The summed E-state index contributed by atoms with van der Waals surface area (Å²) in [6.45, 7) is 7.81. The molecule has 112 valence electrons. The molecule has 1 heterocycles. The van der Waals surface area contributed by atoms with E-state index in [9.17, 15) is 9.59 Å². The average Bonchev–Trinajstić information content (AvgIpc) is 2.70. The Hall–Kier alpha value is -1.89. The Morgan fingerprint density at radius 3 is 2.55 bits per heavy atom. The highest BCUT2D eigenvalue weighted by atomic mass is 16.5. The molecule has 0 aliphatic carbocycles. The monoisotopic (exact) mass is 282 g/mol. The first-order valence-corrected chi connectivity index (χ1v) is 6.39. The molecule has 0 fully saturated rings. The Kier molecular flexibility index (Phi) is 5.26. The second-order valence-corrected chi connectivity index (χ2v) is 5.72. The van der Waals surface area contributed by atoms with Crippen LogP contribution < -0.4 is 10.6 Å². The van der Waals surface area contributed by atoms with Gasteiger partial charge < -0.3 is 20.1 Å². The van der Waals surface area contributed by atoms with Gasteiger partial charge in [-0.25, -0.2) is 0 Å². The number of hydrogen-bond donors (Lipinski definition) is 2. The molecular formula is C13H22N4O3. The zero-order valence-electron chi connectivity index (χ0n) is 12.6. The minimum Gasteiger partial charge on any atom is -0.360 e. The van der Waals surface area contributed by atoms with E-state index in [1.807, 2.05) is 20.8 Å². The molecule has 1 rings (SSSR count). The third-order valence-electron chi connectivity index (χ3n) is 2.47. The molecule has 0 spiro atoms. The van der Waals surface area contributed by atoms with Crippen LogP contribution in [-0.4, -0.2) is 47.5 Å². The van der Waals surface area contributed by atoms with Crippen LogP contribution in [0.1, 0.15) is 26.5 Å². The summed E-state index contributed by atoms with van der Waals surface area (Å²) in [5.74, 6) is 0.497. The summed E-state index contributed by atoms with van der Waals surface area (Å²) in [5.41, 5.74) is -0.142. The molecule has 7 nitrogen and oxygen atoms in total. The van der Waals surface area contributed by atoms with Crippen LogP contribution in [0.3, 0.4) is 0 Å². The van der Waals surface area contributed by atoms with E-state index in [0.717, 1.165) is 0 Å². The van der Waals surface area contributed by atoms with E-state index in [4.69, 9.17) is 4.52 Å². The van der Waals surface area contributed by atoms with Gasteiger partial charge in [0, 0.05) is 18.7 Å². The van der Waals surface area contributed by atoms with Gasteiger partial charge in [-0.3, -0.25) is 9.59 Å². The zero-order valence-corrected chi connectivity index (χ0v) is 12.6. The second kappa shape index (κ2) is 6.51. The van der Waals surface area contributed by atoms with Crippen LogP contribution in [0, 0.1) is 6.92 Å². The fourth-order valence-corrected chi connectivity index (χ4v) is 1.39. The number of likely N-dealkylation sites (N-methyl/N-ethyl adjacent to an activating group) is 1. The molecule has 7 heteroatoms. The highest BCUT2D eigenvalue weighted by molar-refractivity contribution is 5.93. The summed E-state index contributed by atoms with van der Waals surface area (Å²) in [7, 11) is 1.58. The number of carbonyl (C=O) groups is 2. The number of nitrogens with one attached hydrogen (secondary N) is 2. The van der Waals surface area contributed by atoms with Crippen molar-refractivity contribution in [3.8, 4) is 0 Å². The summed E-state index contributed by atoms with van der Waals surface area (Å²) < 4.78 is 4.84. The Balaban J connectivity index is 2.39. The summed E-state index contributed by atoms with van der Waals surface area (Å²) in [6, 6.07) is 1.61. The minimum atomic E-state index is -0.315. The van der Waals surface area contributed by atoms with Crippen molar-refractivity contribution in [3.05, 3.63) is 11.8 Å². The largest absolute Gasteiger partial charge is 0.360 e. The molecule has 0 aliphatic heterocycles. The van der Waals surface area contributed by atoms with E-state index in [2.05, 4.69) is 15.8 Å². The third kappa shape index (κ3) is 5.83. The topological polar surface area (TPSA) is 87.5 Å². The fraction of sp³-hybridized carbons (Fsp3) is 0.615. The van der Waals surface area contributed by atoms with E-state index in [1.54, 1.807) is 20.0 Å². The van der Waals surface area contributed by atoms with Gasteiger partial charge in [0.25, 0.3) is 0 Å². The van der Waals surface area contributed by atoms with Crippen LogP contribution in [-0.2, 0) is 9.59 Å². The van der Waals surface area contributed by atoms with Crippen LogP contribution in [0.4, 0.5) is 5.82 Å². The molecule has 0 aromatic carbocycles. The van der Waals surface area contributed by atoms with Crippen molar-refractivity contribution >= 4 is 17.6 Å². The lowest BCUT2D eigenvalue weighted by atomic mass is 10.1. The van der Waals surface area contributed by atoms with Gasteiger partial charge in [0.1, 0.15) is 5.76 Å². The minimum absolute atomic E-state index is 0.0312. The fourth-order valence-electron chi connectivity index (χ4n) is 1.39. The molecule has 0 saturated carbocycles. The first kappa shape index (κ1) is 16.2. The second-order valence-electron chi connectivity index (χ2n) is 5.72. The Morgan fingerprint density at radius 2 is 2.05 bits per heavy atom. The van der Waals surface area contributed by atoms with Gasteiger partial charge in [0.15, 0.2) is 5.82 Å². The Bertz CT molecular complexity index is 476. The average molecular weight is 282 g/mol. The van der Waals surface area contributed by atoms with Crippen molar-refractivity contribution in [1.82, 2.24) is 15.4 Å². The normalized spacial score (nSPS) is 11.2. The zero-order chi connectivity index (χ0) is 15.3. The molecule has 0 bridgehead atoms. The van der Waals surface area contributed by atoms with Crippen LogP contribution in [0.25, 0.3) is 0 Å². The Morgan fingerprint density at radius 1 is 1.40 bits per heavy atom. The molecular weight excluding hydrogens is 260 g/mol. The van der Waals surface area contributed by atoms with Crippen molar-refractivity contribution in [2.75, 3.05) is 25.5 Å². The van der Waals surface area contributed by atoms with Gasteiger partial charge in [-0.15, -0.1) is 0 Å². The number of nitrogens with zero attached hydrogens (tertiary/aromatic N) is 2. The third-order valence-corrected chi connectivity index (χ3v) is 2.47. The molecule has 1 aromatic rings. The summed E-state index contributed by atoms with van der Waals surface area (Å²) >= 11 is 0. The Labute approximate surface area is 118 Å². The van der Waals surface area contributed by atoms with E-state index in [1.165, 1.54) is 4.90 Å². The highest BCUT2D eigenvalue weighted by Crippen LogP contribution is 2.06. The molecule has 0 aliphatic rings. The number of anilines is 1. The maximum Gasteiger partial charge on any atom is 0.245 e. The maximum absolute atomic E-state index is 11.8. The number of amides is 2. The predicted molar refractivity (Wildman–Crippen MR) is 75.3 cm³/mol. The number of carbonyl (C=O) groups excluding carboxylic acids is 2. The van der Waals surface area contributed by atoms with E-state index < -0.39 is 0 Å². The van der Waals surface area contributed by atoms with Crippen LogP contribution in [0.15, 0.2) is 10.6 Å². The van der Waals surface area contributed by atoms with E-state index in [-0.39, 0.29) is 30.4 Å². The predicted octanol–water partition coefficient (Wildman–Crippen LogP) is 0.768. The summed E-state index contributed by atoms with van der Waals surface area (Å²) in [4.78, 5) is 24.9. The van der Waals surface area contributed by atoms with Gasteiger partial charge in [-0.05, 0) is 27.7 Å². The molecule has 1 aromatic heterocycles. The first-order valence-electron chi connectivity index (χ1n) is 6.39. The van der Waals surface area contributed by atoms with Gasteiger partial charge in [0.2, 0.25) is 11.8 Å². The summed E-state index contributed by atoms with van der Waals surface area (Å²) in [5, 5.41) is 9.30. The van der Waals surface area contributed by atoms with Gasteiger partial charge in [-0.1, -0.05) is 5.16 Å². The lowest BCUT2D eigenvalue weighted by molar-refractivity contribution is -0.132. The van der Waals surface area contributed by atoms with Crippen molar-refractivity contribution in [2.45, 2.75) is 33.2 Å². The molecule has 0 unspecified atom stereocenters. The van der Waals surface area contributed by atoms with Crippen molar-refractivity contribution in [1.29, 1.82) is 0 Å². The van der Waals surface area contributed by atoms with Crippen LogP contribution in [0.5, 0.6) is 0 Å². The van der Waals surface area contributed by atoms with Crippen molar-refractivity contribution in [3.63, 3.8) is 0 Å². The number of hydrogen-bond acceptors (Lipinski definition) is 5. The number of aromatic nitrogens is 1. The van der Waals surface area contributed by atoms with Gasteiger partial charge in [0.05, 0.1) is 13.1 Å². The highest BCUT2D eigenvalue weighted by Gasteiger charge is 2.16. The molecule has 2 amide bonds. The lowest BCUT2D eigenvalue weighted by Crippen LogP contribution is -2.45. The van der Waals surface area contributed by atoms with Crippen LogP contribution in [0.2, 0.25) is 0 Å². The molecule has 20 heavy (non-hydrogen) atoms. The smallest absolute Gasteiger partial charge is 0.245 e. The van der Waals surface area contributed by atoms with Crippen LogP contribution >= 0.6 is 0 Å². The van der Waals surface area contributed by atoms with E-state index in [0.29, 0.717) is 11.6 Å². The lowest BCUT2D eigenvalue weighted by Gasteiger charge is -2.23. The maximum atomic E-state index is 11.8. The van der Waals surface area contributed by atoms with E-state index >= 15 is 0 Å². The molecule has 0 atom stereocenters. The molecule has 0 radical (unpaired) electrons.